The number of nitrogens with zero attached hydrogens (tertiary/aromatic N) is 3. The third-order valence-electron chi connectivity index (χ3n) is 4.47. The normalized spacial score (nSPS) is 11.4. The quantitative estimate of drug-likeness (QED) is 0.569. The Morgan fingerprint density at radius 2 is 1.77 bits per heavy atom. The fraction of sp³-hybridized carbons (Fsp3) is 0.190. The molecule has 9 heteroatoms. The third kappa shape index (κ3) is 5.00. The van der Waals surface area contributed by atoms with E-state index >= 15 is 0 Å². The first-order valence-corrected chi connectivity index (χ1v) is 10.6. The molecule has 0 unspecified atom stereocenters. The Labute approximate surface area is 175 Å². The number of rotatable bonds is 8. The van der Waals surface area contributed by atoms with Crippen molar-refractivity contribution in [3.8, 4) is 0 Å². The van der Waals surface area contributed by atoms with Crippen molar-refractivity contribution in [2.24, 2.45) is 0 Å². The van der Waals surface area contributed by atoms with Gasteiger partial charge in [-0.25, -0.2) is 23.2 Å². The largest absolute Gasteiger partial charge is 0.477 e. The number of sulfonamides is 1. The van der Waals surface area contributed by atoms with E-state index < -0.39 is 16.0 Å². The van der Waals surface area contributed by atoms with Crippen molar-refractivity contribution in [3.05, 3.63) is 83.3 Å². The Morgan fingerprint density at radius 1 is 1.10 bits per heavy atom. The highest BCUT2D eigenvalue weighted by atomic mass is 32.2. The van der Waals surface area contributed by atoms with Gasteiger partial charge in [-0.15, -0.1) is 0 Å². The minimum absolute atomic E-state index is 0.0845. The molecule has 1 heterocycles. The Balaban J connectivity index is 1.81. The molecule has 0 aliphatic carbocycles. The van der Waals surface area contributed by atoms with Crippen LogP contribution in [0.15, 0.2) is 65.7 Å². The van der Waals surface area contributed by atoms with Gasteiger partial charge in [-0.3, -0.25) is 0 Å². The van der Waals surface area contributed by atoms with Crippen LogP contribution in [0.5, 0.6) is 0 Å². The van der Waals surface area contributed by atoms with Gasteiger partial charge in [0.2, 0.25) is 10.0 Å². The molecule has 0 aliphatic rings. The van der Waals surface area contributed by atoms with Crippen LogP contribution in [0.1, 0.15) is 27.3 Å². The van der Waals surface area contributed by atoms with Crippen molar-refractivity contribution >= 4 is 21.8 Å². The molecule has 156 valence electrons. The predicted octanol–water partition coefficient (Wildman–Crippen LogP) is 2.92. The van der Waals surface area contributed by atoms with E-state index in [0.717, 1.165) is 15.4 Å². The lowest BCUT2D eigenvalue weighted by Crippen LogP contribution is -2.27. The molecule has 30 heavy (non-hydrogen) atoms. The second kappa shape index (κ2) is 9.02. The van der Waals surface area contributed by atoms with E-state index in [1.54, 1.807) is 24.3 Å². The van der Waals surface area contributed by atoms with Crippen molar-refractivity contribution in [3.63, 3.8) is 0 Å². The van der Waals surface area contributed by atoms with Crippen molar-refractivity contribution in [1.29, 1.82) is 0 Å². The fourth-order valence-corrected chi connectivity index (χ4v) is 3.87. The summed E-state index contributed by atoms with van der Waals surface area (Å²) < 4.78 is 26.7. The number of carboxylic acids is 1. The second-order valence-electron chi connectivity index (χ2n) is 6.77. The van der Waals surface area contributed by atoms with Crippen LogP contribution < -0.4 is 5.32 Å². The molecule has 0 atom stereocenters. The molecule has 0 saturated heterocycles. The molecule has 0 saturated carbocycles. The lowest BCUT2D eigenvalue weighted by Gasteiger charge is -2.17. The lowest BCUT2D eigenvalue weighted by molar-refractivity contribution is 0.0697. The van der Waals surface area contributed by atoms with E-state index in [1.165, 1.54) is 13.2 Å². The van der Waals surface area contributed by atoms with Gasteiger partial charge in [0.25, 0.3) is 0 Å². The number of hydrogen-bond donors (Lipinski definition) is 2. The van der Waals surface area contributed by atoms with Gasteiger partial charge < -0.3 is 10.4 Å². The zero-order chi connectivity index (χ0) is 21.7. The molecule has 2 N–H and O–H groups in total. The molecule has 0 amide bonds. The van der Waals surface area contributed by atoms with E-state index in [-0.39, 0.29) is 28.6 Å². The lowest BCUT2D eigenvalue weighted by atomic mass is 10.2. The van der Waals surface area contributed by atoms with Gasteiger partial charge in [-0.2, -0.15) is 4.31 Å². The maximum atomic E-state index is 12.8. The maximum Gasteiger partial charge on any atom is 0.341 e. The van der Waals surface area contributed by atoms with Gasteiger partial charge in [0.05, 0.1) is 11.4 Å². The summed E-state index contributed by atoms with van der Waals surface area (Å²) in [5, 5.41) is 12.4. The number of carbonyl (C=O) groups is 1. The molecular weight excluding hydrogens is 404 g/mol. The first kappa shape index (κ1) is 21.4. The number of hydrogen-bond acceptors (Lipinski definition) is 6. The molecule has 2 aromatic carbocycles. The summed E-state index contributed by atoms with van der Waals surface area (Å²) in [4.78, 5) is 20.0. The summed E-state index contributed by atoms with van der Waals surface area (Å²) in [6.45, 7) is 2.15. The van der Waals surface area contributed by atoms with Crippen molar-refractivity contribution in [2.45, 2.75) is 24.9 Å². The maximum absolute atomic E-state index is 12.8. The number of nitrogens with one attached hydrogen (secondary N) is 1. The fourth-order valence-electron chi connectivity index (χ4n) is 2.74. The third-order valence-corrected chi connectivity index (χ3v) is 6.28. The number of aryl methyl sites for hydroxylation is 1. The molecule has 0 radical (unpaired) electrons. The Hall–Kier alpha value is -3.30. The Kier molecular flexibility index (Phi) is 6.43. The highest BCUT2D eigenvalue weighted by Crippen LogP contribution is 2.18. The van der Waals surface area contributed by atoms with Crippen LogP contribution >= 0.6 is 0 Å². The van der Waals surface area contributed by atoms with E-state index in [4.69, 9.17) is 0 Å². The number of carboxylic acid groups (broad SMARTS) is 1. The van der Waals surface area contributed by atoms with Gasteiger partial charge in [-0.05, 0) is 24.6 Å². The summed E-state index contributed by atoms with van der Waals surface area (Å²) >= 11 is 0. The van der Waals surface area contributed by atoms with Crippen LogP contribution in [0.25, 0.3) is 0 Å². The van der Waals surface area contributed by atoms with Crippen LogP contribution in [-0.4, -0.2) is 40.8 Å². The van der Waals surface area contributed by atoms with Crippen molar-refractivity contribution in [1.82, 2.24) is 14.3 Å². The highest BCUT2D eigenvalue weighted by Gasteiger charge is 2.22. The summed E-state index contributed by atoms with van der Waals surface area (Å²) in [5.74, 6) is -0.844. The van der Waals surface area contributed by atoms with Crippen molar-refractivity contribution in [2.75, 3.05) is 12.4 Å². The molecule has 8 nitrogen and oxygen atoms in total. The van der Waals surface area contributed by atoms with Gasteiger partial charge in [0.1, 0.15) is 17.2 Å². The molecular formula is C21H22N4O4S. The smallest absolute Gasteiger partial charge is 0.341 e. The van der Waals surface area contributed by atoms with Gasteiger partial charge >= 0.3 is 5.97 Å². The number of anilines is 1. The molecule has 0 aliphatic heterocycles. The van der Waals surface area contributed by atoms with E-state index in [2.05, 4.69) is 15.3 Å². The monoisotopic (exact) mass is 426 g/mol. The topological polar surface area (TPSA) is 112 Å². The zero-order valence-electron chi connectivity index (χ0n) is 16.6. The number of benzene rings is 2. The SMILES string of the molecule is Cc1ccc(S(=O)(=O)N(C)Cc2ncc(C(=O)O)c(NCc3ccccc3)n2)cc1. The molecule has 3 aromatic rings. The average molecular weight is 426 g/mol. The standard InChI is InChI=1S/C21H22N4O4S/c1-15-8-10-17(11-9-15)30(28,29)25(2)14-19-22-13-18(21(26)27)20(24-19)23-12-16-6-4-3-5-7-16/h3-11,13H,12,14H2,1-2H3,(H,26,27)(H,22,23,24). The summed E-state index contributed by atoms with van der Waals surface area (Å²) in [6.07, 6.45) is 1.18. The van der Waals surface area contributed by atoms with Gasteiger partial charge in [-0.1, -0.05) is 48.0 Å². The summed E-state index contributed by atoms with van der Waals surface area (Å²) in [6, 6.07) is 16.0. The molecule has 1 aromatic heterocycles. The molecule has 0 spiro atoms. The summed E-state index contributed by atoms with van der Waals surface area (Å²) in [5.41, 5.74) is 1.82. The molecule has 3 rings (SSSR count). The Bertz CT molecular complexity index is 1130. The van der Waals surface area contributed by atoms with Crippen LogP contribution in [0.3, 0.4) is 0 Å². The average Bonchev–Trinajstić information content (AvgIpc) is 2.73. The first-order valence-electron chi connectivity index (χ1n) is 9.17. The van der Waals surface area contributed by atoms with Gasteiger partial charge in [0.15, 0.2) is 0 Å². The van der Waals surface area contributed by atoms with Crippen LogP contribution in [0, 0.1) is 6.92 Å². The molecule has 0 bridgehead atoms. The van der Waals surface area contributed by atoms with Crippen molar-refractivity contribution < 1.29 is 18.3 Å². The van der Waals surface area contributed by atoms with Crippen LogP contribution in [0.2, 0.25) is 0 Å². The Morgan fingerprint density at radius 3 is 2.40 bits per heavy atom. The number of aromatic carboxylic acids is 1. The second-order valence-corrected chi connectivity index (χ2v) is 8.81. The van der Waals surface area contributed by atoms with E-state index in [0.29, 0.717) is 6.54 Å². The molecule has 0 fully saturated rings. The zero-order valence-corrected chi connectivity index (χ0v) is 17.4. The minimum atomic E-state index is -3.73. The first-order chi connectivity index (χ1) is 14.3. The van der Waals surface area contributed by atoms with Crippen LogP contribution in [0.4, 0.5) is 5.82 Å². The predicted molar refractivity (Wildman–Crippen MR) is 113 cm³/mol. The van der Waals surface area contributed by atoms with Gasteiger partial charge in [0, 0.05) is 19.8 Å². The van der Waals surface area contributed by atoms with E-state index in [9.17, 15) is 18.3 Å². The van der Waals surface area contributed by atoms with E-state index in [1.807, 2.05) is 37.3 Å². The minimum Gasteiger partial charge on any atom is -0.477 e. The number of aromatic nitrogens is 2. The van der Waals surface area contributed by atoms with Crippen LogP contribution in [-0.2, 0) is 23.1 Å². The summed E-state index contributed by atoms with van der Waals surface area (Å²) in [7, 11) is -2.30. The highest BCUT2D eigenvalue weighted by molar-refractivity contribution is 7.89.